The van der Waals surface area contributed by atoms with E-state index in [2.05, 4.69) is 56.7 Å². The van der Waals surface area contributed by atoms with Crippen LogP contribution in [0.4, 0.5) is 0 Å². The molecule has 26 heavy (non-hydrogen) atoms. The maximum absolute atomic E-state index is 4.40. The van der Waals surface area contributed by atoms with Crippen molar-refractivity contribution in [1.29, 1.82) is 0 Å². The fourth-order valence-electron chi connectivity index (χ4n) is 2.79. The average molecular weight is 461 g/mol. The first kappa shape index (κ1) is 20.0. The summed E-state index contributed by atoms with van der Waals surface area (Å²) in [6, 6.07) is 20.6. The largest absolute Gasteiger partial charge is 0.352 e. The molecule has 2 aromatic carbocycles. The molecule has 0 unspecified atom stereocenters. The fourth-order valence-corrected chi connectivity index (χ4v) is 2.79. The second kappa shape index (κ2) is 9.96. The van der Waals surface area contributed by atoms with Crippen molar-refractivity contribution in [2.45, 2.75) is 13.1 Å². The number of aromatic nitrogens is 2. The zero-order valence-corrected chi connectivity index (χ0v) is 17.4. The Morgan fingerprint density at radius 2 is 1.81 bits per heavy atom. The van der Waals surface area contributed by atoms with Gasteiger partial charge in [0.05, 0.1) is 5.69 Å². The molecule has 0 saturated carbocycles. The second-order valence-corrected chi connectivity index (χ2v) is 5.82. The molecule has 0 aliphatic heterocycles. The molecular weight excluding hydrogens is 437 g/mol. The molecule has 0 aliphatic rings. The molecule has 3 aromatic rings. The first-order valence-electron chi connectivity index (χ1n) is 8.31. The third-order valence-corrected chi connectivity index (χ3v) is 4.02. The van der Waals surface area contributed by atoms with Gasteiger partial charge in [0, 0.05) is 39.6 Å². The van der Waals surface area contributed by atoms with Gasteiger partial charge in [-0.25, -0.2) is 4.68 Å². The maximum atomic E-state index is 4.40. The van der Waals surface area contributed by atoms with Crippen LogP contribution in [-0.4, -0.2) is 34.7 Å². The van der Waals surface area contributed by atoms with Crippen LogP contribution in [0.2, 0.25) is 0 Å². The van der Waals surface area contributed by atoms with E-state index in [0.29, 0.717) is 6.54 Å². The van der Waals surface area contributed by atoms with Crippen molar-refractivity contribution in [2.75, 3.05) is 14.1 Å². The molecule has 0 atom stereocenters. The van der Waals surface area contributed by atoms with Crippen LogP contribution < -0.4 is 5.32 Å². The fraction of sp³-hybridized carbons (Fsp3) is 0.200. The van der Waals surface area contributed by atoms with E-state index in [-0.39, 0.29) is 24.0 Å². The molecule has 5 nitrogen and oxygen atoms in total. The van der Waals surface area contributed by atoms with Crippen molar-refractivity contribution < 1.29 is 0 Å². The summed E-state index contributed by atoms with van der Waals surface area (Å²) >= 11 is 0. The van der Waals surface area contributed by atoms with Crippen LogP contribution in [0.5, 0.6) is 0 Å². The van der Waals surface area contributed by atoms with Gasteiger partial charge in [-0.05, 0) is 23.3 Å². The summed E-state index contributed by atoms with van der Waals surface area (Å²) in [5.74, 6) is 0.860. The molecular formula is C20H24IN5. The summed E-state index contributed by atoms with van der Waals surface area (Å²) < 4.78 is 1.88. The van der Waals surface area contributed by atoms with Crippen molar-refractivity contribution in [3.05, 3.63) is 84.2 Å². The highest BCUT2D eigenvalue weighted by Gasteiger charge is 2.09. The number of hydrogen-bond acceptors (Lipinski definition) is 2. The Bertz CT molecular complexity index is 815. The van der Waals surface area contributed by atoms with Crippen molar-refractivity contribution >= 4 is 29.9 Å². The highest BCUT2D eigenvalue weighted by molar-refractivity contribution is 14.0. The van der Waals surface area contributed by atoms with Crippen LogP contribution in [0.3, 0.4) is 0 Å². The summed E-state index contributed by atoms with van der Waals surface area (Å²) in [6.07, 6.45) is 3.74. The summed E-state index contributed by atoms with van der Waals surface area (Å²) in [7, 11) is 3.85. The molecule has 3 rings (SSSR count). The van der Waals surface area contributed by atoms with Gasteiger partial charge in [0.2, 0.25) is 0 Å². The lowest BCUT2D eigenvalue weighted by Crippen LogP contribution is -2.38. The molecule has 0 spiro atoms. The zero-order chi connectivity index (χ0) is 17.5. The van der Waals surface area contributed by atoms with E-state index >= 15 is 0 Å². The van der Waals surface area contributed by atoms with Crippen LogP contribution in [0.25, 0.3) is 5.69 Å². The predicted molar refractivity (Wildman–Crippen MR) is 117 cm³/mol. The minimum atomic E-state index is 0. The van der Waals surface area contributed by atoms with Gasteiger partial charge < -0.3 is 10.2 Å². The molecule has 0 amide bonds. The summed E-state index contributed by atoms with van der Waals surface area (Å²) in [6.45, 7) is 1.49. The van der Waals surface area contributed by atoms with Crippen molar-refractivity contribution in [3.8, 4) is 5.69 Å². The van der Waals surface area contributed by atoms with Crippen molar-refractivity contribution in [3.63, 3.8) is 0 Å². The third-order valence-electron chi connectivity index (χ3n) is 4.02. The summed E-state index contributed by atoms with van der Waals surface area (Å²) in [4.78, 5) is 6.52. The van der Waals surface area contributed by atoms with E-state index in [1.807, 2.05) is 49.2 Å². The van der Waals surface area contributed by atoms with E-state index in [0.717, 1.165) is 18.2 Å². The number of nitrogens with zero attached hydrogens (tertiary/aromatic N) is 4. The van der Waals surface area contributed by atoms with Gasteiger partial charge in [-0.3, -0.25) is 4.99 Å². The summed E-state index contributed by atoms with van der Waals surface area (Å²) in [5, 5.41) is 7.78. The van der Waals surface area contributed by atoms with Gasteiger partial charge in [-0.15, -0.1) is 24.0 Å². The van der Waals surface area contributed by atoms with E-state index in [1.54, 1.807) is 6.20 Å². The van der Waals surface area contributed by atoms with Gasteiger partial charge in [-0.1, -0.05) is 48.5 Å². The monoisotopic (exact) mass is 461 g/mol. The first-order chi connectivity index (χ1) is 12.3. The van der Waals surface area contributed by atoms with Crippen LogP contribution in [-0.2, 0) is 13.1 Å². The Labute approximate surface area is 171 Å². The Morgan fingerprint density at radius 1 is 1.08 bits per heavy atom. The van der Waals surface area contributed by atoms with Gasteiger partial charge in [0.1, 0.15) is 0 Å². The lowest BCUT2D eigenvalue weighted by molar-refractivity contribution is 0.476. The van der Waals surface area contributed by atoms with Gasteiger partial charge in [0.15, 0.2) is 5.96 Å². The summed E-state index contributed by atoms with van der Waals surface area (Å²) in [5.41, 5.74) is 3.49. The average Bonchev–Trinajstić information content (AvgIpc) is 3.18. The molecule has 0 fully saturated rings. The van der Waals surface area contributed by atoms with Crippen LogP contribution in [0.1, 0.15) is 11.1 Å². The topological polar surface area (TPSA) is 45.5 Å². The Hall–Kier alpha value is -2.35. The van der Waals surface area contributed by atoms with E-state index < -0.39 is 0 Å². The number of benzene rings is 2. The Kier molecular flexibility index (Phi) is 7.65. The first-order valence-corrected chi connectivity index (χ1v) is 8.31. The van der Waals surface area contributed by atoms with Crippen LogP contribution >= 0.6 is 24.0 Å². The maximum Gasteiger partial charge on any atom is 0.193 e. The molecule has 136 valence electrons. The molecule has 0 radical (unpaired) electrons. The second-order valence-electron chi connectivity index (χ2n) is 5.82. The lowest BCUT2D eigenvalue weighted by atomic mass is 10.2. The molecule has 1 heterocycles. The van der Waals surface area contributed by atoms with E-state index in [9.17, 15) is 0 Å². The molecule has 1 aromatic heterocycles. The van der Waals surface area contributed by atoms with Crippen molar-refractivity contribution in [1.82, 2.24) is 20.0 Å². The highest BCUT2D eigenvalue weighted by atomic mass is 127. The van der Waals surface area contributed by atoms with Gasteiger partial charge in [0.25, 0.3) is 0 Å². The minimum absolute atomic E-state index is 0. The Morgan fingerprint density at radius 3 is 2.50 bits per heavy atom. The lowest BCUT2D eigenvalue weighted by Gasteiger charge is -2.22. The number of halogens is 1. The number of nitrogens with one attached hydrogen (secondary N) is 1. The van der Waals surface area contributed by atoms with E-state index in [4.69, 9.17) is 0 Å². The standard InChI is InChI=1S/C20H23N5.HI/c1-21-20(24(2)16-17-9-4-3-5-10-17)22-15-18-11-6-7-12-19(18)25-14-8-13-23-25;/h3-14H,15-16H2,1-2H3,(H,21,22);1H. The van der Waals surface area contributed by atoms with E-state index in [1.165, 1.54) is 11.1 Å². The SMILES string of the molecule is CN=C(NCc1ccccc1-n1cccn1)N(C)Cc1ccccc1.I. The molecule has 1 N–H and O–H groups in total. The number of aliphatic imine (C=N–C) groups is 1. The number of rotatable bonds is 5. The quantitative estimate of drug-likeness (QED) is 0.358. The van der Waals surface area contributed by atoms with Crippen LogP contribution in [0, 0.1) is 0 Å². The number of para-hydroxylation sites is 1. The third kappa shape index (κ3) is 5.08. The number of hydrogen-bond donors (Lipinski definition) is 1. The molecule has 0 bridgehead atoms. The molecule has 6 heteroatoms. The van der Waals surface area contributed by atoms with Gasteiger partial charge >= 0.3 is 0 Å². The minimum Gasteiger partial charge on any atom is -0.352 e. The molecule has 0 saturated heterocycles. The van der Waals surface area contributed by atoms with Crippen LogP contribution in [0.15, 0.2) is 78.0 Å². The normalized spacial score (nSPS) is 10.9. The highest BCUT2D eigenvalue weighted by Crippen LogP contribution is 2.13. The van der Waals surface area contributed by atoms with Gasteiger partial charge in [-0.2, -0.15) is 5.10 Å². The number of guanidine groups is 1. The van der Waals surface area contributed by atoms with Crippen molar-refractivity contribution in [2.24, 2.45) is 4.99 Å². The predicted octanol–water partition coefficient (Wildman–Crippen LogP) is 3.70. The molecule has 0 aliphatic carbocycles. The smallest absolute Gasteiger partial charge is 0.193 e. The Balaban J connectivity index is 0.00000243. The zero-order valence-electron chi connectivity index (χ0n) is 15.0.